The quantitative estimate of drug-likeness (QED) is 0.475. The number of fused-ring (bicyclic) bond motifs is 3. The molecule has 0 saturated carbocycles. The fraction of sp³-hybridized carbons (Fsp3) is 0.158. The van der Waals surface area contributed by atoms with Gasteiger partial charge in [0.05, 0.1) is 5.69 Å². The highest BCUT2D eigenvalue weighted by molar-refractivity contribution is 7.98. The zero-order valence-electron chi connectivity index (χ0n) is 12.8. The molecular formula is C19H16N2S2. The lowest BCUT2D eigenvalue weighted by atomic mass is 10.1. The van der Waals surface area contributed by atoms with Crippen molar-refractivity contribution in [2.75, 3.05) is 0 Å². The summed E-state index contributed by atoms with van der Waals surface area (Å²) in [4.78, 5) is 10.7. The summed E-state index contributed by atoms with van der Waals surface area (Å²) in [6, 6.07) is 17.1. The van der Waals surface area contributed by atoms with Crippen molar-refractivity contribution in [2.45, 2.75) is 28.5 Å². The van der Waals surface area contributed by atoms with E-state index in [0.717, 1.165) is 22.4 Å². The fourth-order valence-corrected chi connectivity index (χ4v) is 4.40. The average molecular weight is 336 g/mol. The third-order valence-corrected chi connectivity index (χ3v) is 5.88. The minimum atomic E-state index is 0.854. The highest BCUT2D eigenvalue weighted by Gasteiger charge is 2.19. The van der Waals surface area contributed by atoms with E-state index in [0.29, 0.717) is 0 Å². The molecule has 23 heavy (non-hydrogen) atoms. The Bertz CT molecular complexity index is 847. The van der Waals surface area contributed by atoms with Crippen molar-refractivity contribution >= 4 is 23.5 Å². The van der Waals surface area contributed by atoms with Crippen LogP contribution in [0.3, 0.4) is 0 Å². The number of hydrogen-bond acceptors (Lipinski definition) is 4. The van der Waals surface area contributed by atoms with Gasteiger partial charge >= 0.3 is 0 Å². The van der Waals surface area contributed by atoms with E-state index in [1.165, 1.54) is 27.1 Å². The van der Waals surface area contributed by atoms with Gasteiger partial charge in [-0.05, 0) is 24.6 Å². The van der Waals surface area contributed by atoms with Crippen molar-refractivity contribution in [3.05, 3.63) is 71.4 Å². The van der Waals surface area contributed by atoms with Gasteiger partial charge in [-0.2, -0.15) is 0 Å². The molecule has 4 heteroatoms. The molecule has 0 N–H and O–H groups in total. The van der Waals surface area contributed by atoms with Crippen LogP contribution >= 0.6 is 23.5 Å². The van der Waals surface area contributed by atoms with Crippen LogP contribution in [0.5, 0.6) is 0 Å². The molecule has 0 atom stereocenters. The topological polar surface area (TPSA) is 25.8 Å². The number of rotatable bonds is 3. The summed E-state index contributed by atoms with van der Waals surface area (Å²) in [6.45, 7) is 2.13. The summed E-state index contributed by atoms with van der Waals surface area (Å²) < 4.78 is 0. The highest BCUT2D eigenvalue weighted by Crippen LogP contribution is 2.41. The van der Waals surface area contributed by atoms with E-state index in [9.17, 15) is 0 Å². The molecule has 0 spiro atoms. The summed E-state index contributed by atoms with van der Waals surface area (Å²) in [5, 5.41) is 0.854. The van der Waals surface area contributed by atoms with Crippen molar-refractivity contribution in [3.63, 3.8) is 0 Å². The Balaban J connectivity index is 1.64. The molecular weight excluding hydrogens is 320 g/mol. The Labute approximate surface area is 144 Å². The van der Waals surface area contributed by atoms with E-state index in [-0.39, 0.29) is 0 Å². The Hall–Kier alpha value is -1.78. The van der Waals surface area contributed by atoms with Crippen LogP contribution in [0, 0.1) is 6.92 Å². The number of hydrogen-bond donors (Lipinski definition) is 0. The summed E-state index contributed by atoms with van der Waals surface area (Å²) in [7, 11) is 0. The van der Waals surface area contributed by atoms with Crippen molar-refractivity contribution in [2.24, 2.45) is 0 Å². The molecule has 3 aromatic rings. The number of aromatic nitrogens is 2. The number of nitrogens with zero attached hydrogens (tertiary/aromatic N) is 2. The monoisotopic (exact) mass is 336 g/mol. The Morgan fingerprint density at radius 3 is 2.87 bits per heavy atom. The minimum absolute atomic E-state index is 0.854. The lowest BCUT2D eigenvalue weighted by Crippen LogP contribution is -2.02. The van der Waals surface area contributed by atoms with Gasteiger partial charge in [0.15, 0.2) is 5.16 Å². The molecule has 2 heterocycles. The first-order valence-electron chi connectivity index (χ1n) is 7.56. The van der Waals surface area contributed by atoms with Crippen LogP contribution in [0.1, 0.15) is 16.7 Å². The van der Waals surface area contributed by atoms with Crippen molar-refractivity contribution in [3.8, 4) is 11.3 Å². The van der Waals surface area contributed by atoms with Gasteiger partial charge < -0.3 is 0 Å². The first kappa shape index (κ1) is 14.8. The van der Waals surface area contributed by atoms with Gasteiger partial charge in [0, 0.05) is 33.7 Å². The molecule has 0 amide bonds. The Morgan fingerprint density at radius 2 is 2.00 bits per heavy atom. The predicted octanol–water partition coefficient (Wildman–Crippen LogP) is 5.35. The molecule has 0 fully saturated rings. The molecule has 0 saturated heterocycles. The maximum Gasteiger partial charge on any atom is 0.188 e. The Kier molecular flexibility index (Phi) is 4.10. The molecule has 1 aliphatic rings. The SMILES string of the molecule is Cc1ccc2c(c1)-c1nc(SCc3ccccc3)ncc1CS2. The molecule has 2 aromatic carbocycles. The average Bonchev–Trinajstić information content (AvgIpc) is 2.60. The number of thioether (sulfide) groups is 2. The van der Waals surface area contributed by atoms with Crippen molar-refractivity contribution < 1.29 is 0 Å². The van der Waals surface area contributed by atoms with Gasteiger partial charge in [0.1, 0.15) is 0 Å². The lowest BCUT2D eigenvalue weighted by Gasteiger charge is -2.19. The molecule has 0 radical (unpaired) electrons. The molecule has 1 aliphatic heterocycles. The van der Waals surface area contributed by atoms with Crippen LogP contribution in [0.4, 0.5) is 0 Å². The standard InChI is InChI=1S/C19H16N2S2/c1-13-7-8-17-16(9-13)18-15(12-22-17)10-20-19(21-18)23-11-14-5-3-2-4-6-14/h2-10H,11-12H2,1H3. The van der Waals surface area contributed by atoms with E-state index >= 15 is 0 Å². The fourth-order valence-electron chi connectivity index (χ4n) is 2.63. The van der Waals surface area contributed by atoms with E-state index in [1.54, 1.807) is 11.8 Å². The van der Waals surface area contributed by atoms with Crippen LogP contribution in [-0.2, 0) is 11.5 Å². The highest BCUT2D eigenvalue weighted by atomic mass is 32.2. The van der Waals surface area contributed by atoms with Crippen LogP contribution in [0.15, 0.2) is 64.8 Å². The minimum Gasteiger partial charge on any atom is -0.231 e. The van der Waals surface area contributed by atoms with Crippen LogP contribution in [-0.4, -0.2) is 9.97 Å². The van der Waals surface area contributed by atoms with Gasteiger partial charge in [-0.25, -0.2) is 9.97 Å². The molecule has 1 aromatic heterocycles. The zero-order chi connectivity index (χ0) is 15.6. The number of aryl methyl sites for hydroxylation is 1. The van der Waals surface area contributed by atoms with Crippen LogP contribution < -0.4 is 0 Å². The van der Waals surface area contributed by atoms with Gasteiger partial charge in [-0.15, -0.1) is 11.8 Å². The third kappa shape index (κ3) is 3.14. The first-order chi connectivity index (χ1) is 11.3. The zero-order valence-corrected chi connectivity index (χ0v) is 14.5. The summed E-state index contributed by atoms with van der Waals surface area (Å²) in [6.07, 6.45) is 1.99. The van der Waals surface area contributed by atoms with Crippen LogP contribution in [0.2, 0.25) is 0 Å². The largest absolute Gasteiger partial charge is 0.231 e. The molecule has 0 bridgehead atoms. The maximum atomic E-state index is 4.85. The third-order valence-electron chi connectivity index (χ3n) is 3.83. The first-order valence-corrected chi connectivity index (χ1v) is 9.53. The van der Waals surface area contributed by atoms with Crippen molar-refractivity contribution in [1.82, 2.24) is 9.97 Å². The second-order valence-electron chi connectivity index (χ2n) is 5.59. The van der Waals surface area contributed by atoms with E-state index in [4.69, 9.17) is 4.98 Å². The summed E-state index contributed by atoms with van der Waals surface area (Å²) in [5.41, 5.74) is 6.16. The van der Waals surface area contributed by atoms with E-state index < -0.39 is 0 Å². The molecule has 0 unspecified atom stereocenters. The van der Waals surface area contributed by atoms with Gasteiger partial charge in [-0.1, -0.05) is 53.7 Å². The molecule has 114 valence electrons. The van der Waals surface area contributed by atoms with Gasteiger partial charge in [0.25, 0.3) is 0 Å². The van der Waals surface area contributed by atoms with Gasteiger partial charge in [-0.3, -0.25) is 0 Å². The predicted molar refractivity (Wildman–Crippen MR) is 97.8 cm³/mol. The molecule has 2 nitrogen and oxygen atoms in total. The van der Waals surface area contributed by atoms with E-state index in [1.807, 2.05) is 24.0 Å². The maximum absolute atomic E-state index is 4.85. The second kappa shape index (κ2) is 6.38. The molecule has 0 aliphatic carbocycles. The lowest BCUT2D eigenvalue weighted by molar-refractivity contribution is 0.946. The van der Waals surface area contributed by atoms with Crippen molar-refractivity contribution in [1.29, 1.82) is 0 Å². The van der Waals surface area contributed by atoms with E-state index in [2.05, 4.69) is 54.4 Å². The smallest absolute Gasteiger partial charge is 0.188 e. The summed E-state index contributed by atoms with van der Waals surface area (Å²) in [5.74, 6) is 1.85. The molecule has 4 rings (SSSR count). The Morgan fingerprint density at radius 1 is 1.13 bits per heavy atom. The second-order valence-corrected chi connectivity index (χ2v) is 7.55. The summed E-state index contributed by atoms with van der Waals surface area (Å²) >= 11 is 3.57. The number of benzene rings is 2. The van der Waals surface area contributed by atoms with Gasteiger partial charge in [0.2, 0.25) is 0 Å². The normalized spacial score (nSPS) is 12.6. The van der Waals surface area contributed by atoms with Crippen LogP contribution in [0.25, 0.3) is 11.3 Å².